The lowest BCUT2D eigenvalue weighted by Crippen LogP contribution is -2.39. The summed E-state index contributed by atoms with van der Waals surface area (Å²) in [5, 5.41) is 2.44. The maximum absolute atomic E-state index is 13.1. The summed E-state index contributed by atoms with van der Waals surface area (Å²) in [6.45, 7) is -0.336. The van der Waals surface area contributed by atoms with Crippen molar-refractivity contribution in [1.29, 1.82) is 0 Å². The lowest BCUT2D eigenvalue weighted by Gasteiger charge is -2.24. The van der Waals surface area contributed by atoms with Crippen LogP contribution in [0.4, 0.5) is 5.69 Å². The van der Waals surface area contributed by atoms with Crippen LogP contribution in [0.5, 0.6) is 11.5 Å². The van der Waals surface area contributed by atoms with Crippen molar-refractivity contribution in [1.82, 2.24) is 5.32 Å². The molecule has 0 spiro atoms. The maximum Gasteiger partial charge on any atom is 0.264 e. The van der Waals surface area contributed by atoms with Crippen molar-refractivity contribution >= 4 is 21.6 Å². The monoisotopic (exact) mass is 364 g/mol. The van der Waals surface area contributed by atoms with Gasteiger partial charge in [-0.1, -0.05) is 18.2 Å². The second-order valence-corrected chi connectivity index (χ2v) is 6.90. The van der Waals surface area contributed by atoms with Gasteiger partial charge in [-0.15, -0.1) is 0 Å². The normalized spacial score (nSPS) is 10.8. The number of nitrogens with zero attached hydrogens (tertiary/aromatic N) is 1. The van der Waals surface area contributed by atoms with Crippen molar-refractivity contribution in [2.24, 2.45) is 0 Å². The molecule has 1 N–H and O–H groups in total. The Hall–Kier alpha value is -2.74. The van der Waals surface area contributed by atoms with Gasteiger partial charge in [0.15, 0.2) is 11.5 Å². The van der Waals surface area contributed by atoms with Crippen LogP contribution in [0.15, 0.2) is 53.4 Å². The highest BCUT2D eigenvalue weighted by molar-refractivity contribution is 7.92. The molecule has 0 fully saturated rings. The smallest absolute Gasteiger partial charge is 0.264 e. The predicted molar refractivity (Wildman–Crippen MR) is 94.6 cm³/mol. The number of nitrogens with one attached hydrogen (secondary N) is 1. The quantitative estimate of drug-likeness (QED) is 0.807. The molecule has 0 bridgehead atoms. The summed E-state index contributed by atoms with van der Waals surface area (Å²) >= 11 is 0. The van der Waals surface area contributed by atoms with Gasteiger partial charge in [0.25, 0.3) is 10.0 Å². The molecule has 0 aromatic heterocycles. The summed E-state index contributed by atoms with van der Waals surface area (Å²) < 4.78 is 37.6. The van der Waals surface area contributed by atoms with E-state index >= 15 is 0 Å². The van der Waals surface area contributed by atoms with Crippen LogP contribution in [0.25, 0.3) is 0 Å². The van der Waals surface area contributed by atoms with Gasteiger partial charge in [0.1, 0.15) is 6.54 Å². The number of para-hydroxylation sites is 1. The minimum atomic E-state index is -3.98. The molecule has 0 radical (unpaired) electrons. The largest absolute Gasteiger partial charge is 0.493 e. The Morgan fingerprint density at radius 1 is 1.04 bits per heavy atom. The summed E-state index contributed by atoms with van der Waals surface area (Å²) in [5.41, 5.74) is 0.390. The van der Waals surface area contributed by atoms with E-state index in [-0.39, 0.29) is 17.2 Å². The van der Waals surface area contributed by atoms with Crippen LogP contribution in [0.1, 0.15) is 0 Å². The minimum absolute atomic E-state index is 0.00194. The van der Waals surface area contributed by atoms with E-state index in [0.717, 1.165) is 4.31 Å². The van der Waals surface area contributed by atoms with Crippen molar-refractivity contribution in [2.75, 3.05) is 32.1 Å². The lowest BCUT2D eigenvalue weighted by atomic mass is 10.3. The molecule has 134 valence electrons. The number of methoxy groups -OCH3 is 2. The van der Waals surface area contributed by atoms with Crippen molar-refractivity contribution in [3.63, 3.8) is 0 Å². The Morgan fingerprint density at radius 3 is 2.24 bits per heavy atom. The van der Waals surface area contributed by atoms with E-state index in [1.165, 1.54) is 39.5 Å². The van der Waals surface area contributed by atoms with Crippen LogP contribution in [0.3, 0.4) is 0 Å². The highest BCUT2D eigenvalue weighted by atomic mass is 32.2. The predicted octanol–water partition coefficient (Wildman–Crippen LogP) is 1.65. The molecule has 1 amide bonds. The average Bonchev–Trinajstić information content (AvgIpc) is 2.65. The highest BCUT2D eigenvalue weighted by Crippen LogP contribution is 2.32. The Bertz CT molecular complexity index is 837. The third-order valence-corrected chi connectivity index (χ3v) is 5.32. The van der Waals surface area contributed by atoms with Crippen molar-refractivity contribution in [3.8, 4) is 11.5 Å². The van der Waals surface area contributed by atoms with Crippen LogP contribution in [-0.4, -0.2) is 42.1 Å². The SMILES string of the molecule is CNC(=O)CN(c1ccccc1)S(=O)(=O)c1ccc(OC)c(OC)c1. The summed E-state index contributed by atoms with van der Waals surface area (Å²) in [5.74, 6) is 0.281. The molecular formula is C17H20N2O5S. The van der Waals surface area contributed by atoms with E-state index in [9.17, 15) is 13.2 Å². The van der Waals surface area contributed by atoms with Gasteiger partial charge in [0, 0.05) is 13.1 Å². The number of amides is 1. The fourth-order valence-electron chi connectivity index (χ4n) is 2.22. The molecule has 25 heavy (non-hydrogen) atoms. The summed E-state index contributed by atoms with van der Waals surface area (Å²) in [6.07, 6.45) is 0. The van der Waals surface area contributed by atoms with Crippen LogP contribution >= 0.6 is 0 Å². The topological polar surface area (TPSA) is 84.9 Å². The number of hydrogen-bond donors (Lipinski definition) is 1. The molecule has 0 aliphatic heterocycles. The van der Waals surface area contributed by atoms with Gasteiger partial charge in [-0.3, -0.25) is 9.10 Å². The molecule has 0 aliphatic rings. The molecule has 0 saturated heterocycles. The Kier molecular flexibility index (Phi) is 5.87. The van der Waals surface area contributed by atoms with E-state index < -0.39 is 15.9 Å². The van der Waals surface area contributed by atoms with Crippen LogP contribution in [0, 0.1) is 0 Å². The molecule has 2 rings (SSSR count). The lowest BCUT2D eigenvalue weighted by molar-refractivity contribution is -0.119. The Morgan fingerprint density at radius 2 is 1.68 bits per heavy atom. The van der Waals surface area contributed by atoms with Crippen molar-refractivity contribution in [2.45, 2.75) is 4.90 Å². The zero-order valence-electron chi connectivity index (χ0n) is 14.2. The Labute approximate surface area is 147 Å². The number of carbonyl (C=O) groups is 1. The number of benzene rings is 2. The number of hydrogen-bond acceptors (Lipinski definition) is 5. The first-order valence-corrected chi connectivity index (χ1v) is 8.88. The summed E-state index contributed by atoms with van der Waals surface area (Å²) in [6, 6.07) is 12.7. The first-order chi connectivity index (χ1) is 11.9. The summed E-state index contributed by atoms with van der Waals surface area (Å²) in [7, 11) is 0.364. The molecule has 0 atom stereocenters. The molecule has 0 heterocycles. The molecule has 8 heteroatoms. The zero-order chi connectivity index (χ0) is 18.4. The van der Waals surface area contributed by atoms with Gasteiger partial charge in [-0.05, 0) is 24.3 Å². The molecule has 0 unspecified atom stereocenters. The first kappa shape index (κ1) is 18.6. The van der Waals surface area contributed by atoms with E-state index in [1.54, 1.807) is 30.3 Å². The standard InChI is InChI=1S/C17H20N2O5S/c1-18-17(20)12-19(13-7-5-4-6-8-13)25(21,22)14-9-10-15(23-2)16(11-14)24-3/h4-11H,12H2,1-3H3,(H,18,20). The summed E-state index contributed by atoms with van der Waals surface area (Å²) in [4.78, 5) is 11.8. The second-order valence-electron chi connectivity index (χ2n) is 5.04. The zero-order valence-corrected chi connectivity index (χ0v) is 15.0. The van der Waals surface area contributed by atoms with Gasteiger partial charge in [-0.2, -0.15) is 0 Å². The van der Waals surface area contributed by atoms with E-state index in [1.807, 2.05) is 0 Å². The fraction of sp³-hybridized carbons (Fsp3) is 0.235. The van der Waals surface area contributed by atoms with E-state index in [0.29, 0.717) is 11.4 Å². The van der Waals surface area contributed by atoms with Crippen LogP contribution < -0.4 is 19.1 Å². The van der Waals surface area contributed by atoms with Crippen molar-refractivity contribution < 1.29 is 22.7 Å². The fourth-order valence-corrected chi connectivity index (χ4v) is 3.66. The number of rotatable bonds is 7. The molecular weight excluding hydrogens is 344 g/mol. The maximum atomic E-state index is 13.1. The first-order valence-electron chi connectivity index (χ1n) is 7.44. The molecule has 7 nitrogen and oxygen atoms in total. The number of carbonyl (C=O) groups excluding carboxylic acids is 1. The van der Waals surface area contributed by atoms with Gasteiger partial charge < -0.3 is 14.8 Å². The number of anilines is 1. The average molecular weight is 364 g/mol. The van der Waals surface area contributed by atoms with E-state index in [2.05, 4.69) is 5.32 Å². The molecule has 2 aromatic carbocycles. The highest BCUT2D eigenvalue weighted by Gasteiger charge is 2.27. The van der Waals surface area contributed by atoms with Gasteiger partial charge in [0.2, 0.25) is 5.91 Å². The van der Waals surface area contributed by atoms with Gasteiger partial charge in [0.05, 0.1) is 24.8 Å². The second kappa shape index (κ2) is 7.89. The molecule has 0 aliphatic carbocycles. The van der Waals surface area contributed by atoms with Crippen LogP contribution in [0.2, 0.25) is 0 Å². The number of likely N-dealkylation sites (N-methyl/N-ethyl adjacent to an activating group) is 1. The number of sulfonamides is 1. The van der Waals surface area contributed by atoms with Crippen molar-refractivity contribution in [3.05, 3.63) is 48.5 Å². The Balaban J connectivity index is 2.53. The minimum Gasteiger partial charge on any atom is -0.493 e. The van der Waals surface area contributed by atoms with Gasteiger partial charge >= 0.3 is 0 Å². The number of ether oxygens (including phenoxy) is 2. The van der Waals surface area contributed by atoms with Gasteiger partial charge in [-0.25, -0.2) is 8.42 Å². The molecule has 0 saturated carbocycles. The van der Waals surface area contributed by atoms with E-state index in [4.69, 9.17) is 9.47 Å². The van der Waals surface area contributed by atoms with Crippen LogP contribution in [-0.2, 0) is 14.8 Å². The third kappa shape index (κ3) is 4.03. The third-order valence-electron chi connectivity index (χ3n) is 3.55. The molecule has 2 aromatic rings.